The standard InChI is InChI=1S/C15H16N2OS/c1-10-4-7-12(8-5-10)14-16-17-15(3,19-14)13-9-6-11(2)18-13/h4-9,17H,1-3H3. The lowest BCUT2D eigenvalue weighted by molar-refractivity contribution is 0.401. The maximum atomic E-state index is 5.72. The van der Waals surface area contributed by atoms with Crippen LogP contribution in [0.4, 0.5) is 0 Å². The number of furan rings is 1. The molecule has 0 bridgehead atoms. The summed E-state index contributed by atoms with van der Waals surface area (Å²) >= 11 is 1.68. The van der Waals surface area contributed by atoms with Crippen molar-refractivity contribution in [3.05, 3.63) is 59.0 Å². The lowest BCUT2D eigenvalue weighted by Gasteiger charge is -2.19. The van der Waals surface area contributed by atoms with Gasteiger partial charge in [-0.3, -0.25) is 5.43 Å². The van der Waals surface area contributed by atoms with E-state index in [0.717, 1.165) is 22.1 Å². The number of hydrogen-bond acceptors (Lipinski definition) is 4. The first kappa shape index (κ1) is 12.4. The topological polar surface area (TPSA) is 37.5 Å². The number of benzene rings is 1. The summed E-state index contributed by atoms with van der Waals surface area (Å²) in [5.41, 5.74) is 5.57. The van der Waals surface area contributed by atoms with Gasteiger partial charge in [0.2, 0.25) is 0 Å². The summed E-state index contributed by atoms with van der Waals surface area (Å²) in [7, 11) is 0. The lowest BCUT2D eigenvalue weighted by Crippen LogP contribution is -2.28. The Morgan fingerprint density at radius 2 is 1.84 bits per heavy atom. The van der Waals surface area contributed by atoms with Crippen LogP contribution in [0.1, 0.15) is 29.6 Å². The van der Waals surface area contributed by atoms with E-state index in [-0.39, 0.29) is 4.87 Å². The zero-order valence-corrected chi connectivity index (χ0v) is 12.0. The van der Waals surface area contributed by atoms with Crippen LogP contribution in [0, 0.1) is 13.8 Å². The van der Waals surface area contributed by atoms with Gasteiger partial charge in [0, 0.05) is 5.56 Å². The number of hydrogen-bond donors (Lipinski definition) is 1. The summed E-state index contributed by atoms with van der Waals surface area (Å²) in [6, 6.07) is 12.4. The summed E-state index contributed by atoms with van der Waals surface area (Å²) in [6.45, 7) is 6.12. The van der Waals surface area contributed by atoms with Crippen LogP contribution in [-0.2, 0) is 4.87 Å². The lowest BCUT2D eigenvalue weighted by atomic mass is 10.2. The highest BCUT2D eigenvalue weighted by atomic mass is 32.2. The normalized spacial score (nSPS) is 22.2. The summed E-state index contributed by atoms with van der Waals surface area (Å²) in [5, 5.41) is 5.44. The summed E-state index contributed by atoms with van der Waals surface area (Å²) in [4.78, 5) is -0.325. The van der Waals surface area contributed by atoms with E-state index < -0.39 is 0 Å². The minimum atomic E-state index is -0.325. The molecule has 1 atom stereocenters. The van der Waals surface area contributed by atoms with Crippen LogP contribution >= 0.6 is 11.8 Å². The van der Waals surface area contributed by atoms with E-state index in [4.69, 9.17) is 4.42 Å². The van der Waals surface area contributed by atoms with Crippen LogP contribution in [0.15, 0.2) is 45.9 Å². The fourth-order valence-electron chi connectivity index (χ4n) is 2.01. The minimum Gasteiger partial charge on any atom is -0.463 e. The van der Waals surface area contributed by atoms with E-state index in [1.54, 1.807) is 11.8 Å². The van der Waals surface area contributed by atoms with E-state index in [1.807, 2.05) is 19.1 Å². The van der Waals surface area contributed by atoms with Gasteiger partial charge in [-0.1, -0.05) is 41.6 Å². The van der Waals surface area contributed by atoms with Crippen molar-refractivity contribution in [2.24, 2.45) is 5.10 Å². The molecule has 98 valence electrons. The zero-order chi connectivity index (χ0) is 13.5. The van der Waals surface area contributed by atoms with Crippen molar-refractivity contribution in [1.29, 1.82) is 0 Å². The number of nitrogens with zero attached hydrogens (tertiary/aromatic N) is 1. The highest BCUT2D eigenvalue weighted by Crippen LogP contribution is 2.40. The van der Waals surface area contributed by atoms with Gasteiger partial charge < -0.3 is 4.42 Å². The van der Waals surface area contributed by atoms with Crippen LogP contribution in [-0.4, -0.2) is 5.04 Å². The van der Waals surface area contributed by atoms with E-state index in [2.05, 4.69) is 48.6 Å². The van der Waals surface area contributed by atoms with Gasteiger partial charge in [-0.25, -0.2) is 0 Å². The minimum absolute atomic E-state index is 0.325. The monoisotopic (exact) mass is 272 g/mol. The Morgan fingerprint density at radius 3 is 2.47 bits per heavy atom. The second-order valence-corrected chi connectivity index (χ2v) is 6.35. The Labute approximate surface area is 117 Å². The first-order chi connectivity index (χ1) is 9.07. The SMILES string of the molecule is Cc1ccc(C2=NNC(C)(c3ccc(C)o3)S2)cc1. The first-order valence-electron chi connectivity index (χ1n) is 6.25. The van der Waals surface area contributed by atoms with Crippen molar-refractivity contribution >= 4 is 16.8 Å². The van der Waals surface area contributed by atoms with E-state index in [0.29, 0.717) is 0 Å². The van der Waals surface area contributed by atoms with Crippen molar-refractivity contribution in [1.82, 2.24) is 5.43 Å². The Hall–Kier alpha value is -1.68. The fourth-order valence-corrected chi connectivity index (χ4v) is 3.05. The van der Waals surface area contributed by atoms with Gasteiger partial charge in [-0.05, 0) is 32.9 Å². The fraction of sp³-hybridized carbons (Fsp3) is 0.267. The Morgan fingerprint density at radius 1 is 1.11 bits per heavy atom. The summed E-state index contributed by atoms with van der Waals surface area (Å²) in [6.07, 6.45) is 0. The molecule has 3 rings (SSSR count). The van der Waals surface area contributed by atoms with Crippen LogP contribution in [0.2, 0.25) is 0 Å². The molecular formula is C15H16N2OS. The predicted molar refractivity (Wildman–Crippen MR) is 79.2 cm³/mol. The molecule has 0 fully saturated rings. The van der Waals surface area contributed by atoms with Gasteiger partial charge in [0.1, 0.15) is 16.6 Å². The number of aryl methyl sites for hydroxylation is 2. The molecule has 1 aliphatic rings. The van der Waals surface area contributed by atoms with Gasteiger partial charge in [-0.2, -0.15) is 5.10 Å². The third kappa shape index (κ3) is 2.28. The summed E-state index contributed by atoms with van der Waals surface area (Å²) in [5.74, 6) is 1.82. The van der Waals surface area contributed by atoms with Crippen LogP contribution in [0.5, 0.6) is 0 Å². The van der Waals surface area contributed by atoms with Crippen molar-refractivity contribution in [3.8, 4) is 0 Å². The smallest absolute Gasteiger partial charge is 0.160 e. The molecule has 1 unspecified atom stereocenters. The van der Waals surface area contributed by atoms with E-state index in [9.17, 15) is 0 Å². The molecule has 4 heteroatoms. The number of thioether (sulfide) groups is 1. The van der Waals surface area contributed by atoms with Gasteiger partial charge >= 0.3 is 0 Å². The second-order valence-electron chi connectivity index (χ2n) is 4.94. The molecular weight excluding hydrogens is 256 g/mol. The van der Waals surface area contributed by atoms with Crippen molar-refractivity contribution in [3.63, 3.8) is 0 Å². The van der Waals surface area contributed by atoms with Crippen LogP contribution < -0.4 is 5.43 Å². The molecule has 1 aromatic carbocycles. The molecule has 0 spiro atoms. The molecule has 3 nitrogen and oxygen atoms in total. The second kappa shape index (κ2) is 4.46. The highest BCUT2D eigenvalue weighted by molar-refractivity contribution is 8.15. The molecule has 0 saturated carbocycles. The van der Waals surface area contributed by atoms with Crippen molar-refractivity contribution < 1.29 is 4.42 Å². The largest absolute Gasteiger partial charge is 0.463 e. The van der Waals surface area contributed by atoms with Gasteiger partial charge in [-0.15, -0.1) is 0 Å². The molecule has 19 heavy (non-hydrogen) atoms. The number of nitrogens with one attached hydrogen (secondary N) is 1. The molecule has 1 aromatic heterocycles. The molecule has 1 N–H and O–H groups in total. The molecule has 2 aromatic rings. The van der Waals surface area contributed by atoms with Gasteiger partial charge in [0.25, 0.3) is 0 Å². The maximum absolute atomic E-state index is 5.72. The molecule has 0 aliphatic carbocycles. The predicted octanol–water partition coefficient (Wildman–Crippen LogP) is 3.77. The average Bonchev–Trinajstić information content (AvgIpc) is 2.98. The van der Waals surface area contributed by atoms with Crippen molar-refractivity contribution in [2.45, 2.75) is 25.6 Å². The maximum Gasteiger partial charge on any atom is 0.160 e. The zero-order valence-electron chi connectivity index (χ0n) is 11.2. The molecule has 2 heterocycles. The molecule has 0 amide bonds. The third-order valence-electron chi connectivity index (χ3n) is 3.18. The Bertz CT molecular complexity index is 630. The van der Waals surface area contributed by atoms with Gasteiger partial charge in [0.15, 0.2) is 4.87 Å². The third-order valence-corrected chi connectivity index (χ3v) is 4.40. The van der Waals surface area contributed by atoms with Gasteiger partial charge in [0.05, 0.1) is 0 Å². The Kier molecular flexibility index (Phi) is 2.90. The first-order valence-corrected chi connectivity index (χ1v) is 7.06. The highest BCUT2D eigenvalue weighted by Gasteiger charge is 2.37. The molecule has 1 aliphatic heterocycles. The van der Waals surface area contributed by atoms with Crippen LogP contribution in [0.3, 0.4) is 0 Å². The van der Waals surface area contributed by atoms with E-state index >= 15 is 0 Å². The molecule has 0 radical (unpaired) electrons. The quantitative estimate of drug-likeness (QED) is 0.904. The van der Waals surface area contributed by atoms with Crippen molar-refractivity contribution in [2.75, 3.05) is 0 Å². The average molecular weight is 272 g/mol. The Balaban J connectivity index is 1.84. The molecule has 0 saturated heterocycles. The van der Waals surface area contributed by atoms with Crippen LogP contribution in [0.25, 0.3) is 0 Å². The number of rotatable bonds is 2. The summed E-state index contributed by atoms with van der Waals surface area (Å²) < 4.78 is 5.72. The number of hydrazone groups is 1. The van der Waals surface area contributed by atoms with E-state index in [1.165, 1.54) is 5.56 Å².